The van der Waals surface area contributed by atoms with Crippen LogP contribution in [-0.4, -0.2) is 26.9 Å². The highest BCUT2D eigenvalue weighted by atomic mass is 16.2. The molecule has 1 fully saturated rings. The molecule has 4 heteroatoms. The first-order valence-electron chi connectivity index (χ1n) is 7.93. The highest BCUT2D eigenvalue weighted by Gasteiger charge is 2.26. The highest BCUT2D eigenvalue weighted by molar-refractivity contribution is 5.73. The fourth-order valence-corrected chi connectivity index (χ4v) is 2.69. The second kappa shape index (κ2) is 6.34. The maximum Gasteiger partial charge on any atom is 0.219 e. The summed E-state index contributed by atoms with van der Waals surface area (Å²) in [6.45, 7) is 6.05. The molecule has 0 atom stereocenters. The molecular formula is C18H23N3O. The van der Waals surface area contributed by atoms with E-state index in [2.05, 4.69) is 40.7 Å². The number of nitrogens with zero attached hydrogens (tertiary/aromatic N) is 3. The zero-order chi connectivity index (χ0) is 15.5. The second-order valence-electron chi connectivity index (χ2n) is 6.24. The van der Waals surface area contributed by atoms with Crippen LogP contribution in [0.1, 0.15) is 36.7 Å². The summed E-state index contributed by atoms with van der Waals surface area (Å²) in [6, 6.07) is 8.39. The molecule has 1 aliphatic rings. The van der Waals surface area contributed by atoms with Gasteiger partial charge in [0.25, 0.3) is 0 Å². The predicted molar refractivity (Wildman–Crippen MR) is 86.3 cm³/mol. The van der Waals surface area contributed by atoms with Crippen LogP contribution in [0.4, 0.5) is 0 Å². The van der Waals surface area contributed by atoms with Gasteiger partial charge in [-0.15, -0.1) is 0 Å². The van der Waals surface area contributed by atoms with Gasteiger partial charge in [-0.25, -0.2) is 4.98 Å². The van der Waals surface area contributed by atoms with Gasteiger partial charge in [-0.3, -0.25) is 4.79 Å². The van der Waals surface area contributed by atoms with E-state index in [0.717, 1.165) is 18.9 Å². The predicted octanol–water partition coefficient (Wildman–Crippen LogP) is 3.00. The van der Waals surface area contributed by atoms with Gasteiger partial charge in [-0.2, -0.15) is 0 Å². The molecule has 0 radical (unpaired) electrons. The van der Waals surface area contributed by atoms with Crippen molar-refractivity contribution in [2.24, 2.45) is 5.92 Å². The summed E-state index contributed by atoms with van der Waals surface area (Å²) in [6.07, 6.45) is 6.32. The lowest BCUT2D eigenvalue weighted by molar-refractivity contribution is -0.129. The Bertz CT molecular complexity index is 658. The molecule has 1 aromatic heterocycles. The lowest BCUT2D eigenvalue weighted by Gasteiger charge is -2.21. The fraction of sp³-hybridized carbons (Fsp3) is 0.444. The molecule has 1 aliphatic carbocycles. The van der Waals surface area contributed by atoms with Crippen molar-refractivity contribution < 1.29 is 4.79 Å². The number of hydrogen-bond acceptors (Lipinski definition) is 2. The molecule has 0 unspecified atom stereocenters. The minimum Gasteiger partial charge on any atom is -0.335 e. The van der Waals surface area contributed by atoms with E-state index in [-0.39, 0.29) is 5.91 Å². The van der Waals surface area contributed by atoms with Crippen LogP contribution in [-0.2, 0) is 17.9 Å². The summed E-state index contributed by atoms with van der Waals surface area (Å²) in [7, 11) is 0. The van der Waals surface area contributed by atoms with Crippen LogP contribution in [0, 0.1) is 12.8 Å². The lowest BCUT2D eigenvalue weighted by Crippen LogP contribution is -2.31. The van der Waals surface area contributed by atoms with E-state index >= 15 is 0 Å². The van der Waals surface area contributed by atoms with E-state index in [1.54, 1.807) is 6.92 Å². The van der Waals surface area contributed by atoms with E-state index < -0.39 is 0 Å². The van der Waals surface area contributed by atoms with Crippen LogP contribution >= 0.6 is 0 Å². The molecule has 0 spiro atoms. The van der Waals surface area contributed by atoms with Gasteiger partial charge in [0.1, 0.15) is 5.82 Å². The number of aromatic nitrogens is 2. The van der Waals surface area contributed by atoms with Crippen molar-refractivity contribution in [2.75, 3.05) is 6.54 Å². The summed E-state index contributed by atoms with van der Waals surface area (Å²) in [5.41, 5.74) is 2.57. The van der Waals surface area contributed by atoms with Gasteiger partial charge in [0.05, 0.1) is 6.54 Å². The average molecular weight is 297 g/mol. The number of rotatable bonds is 6. The van der Waals surface area contributed by atoms with Crippen LogP contribution in [0.25, 0.3) is 0 Å². The second-order valence-corrected chi connectivity index (χ2v) is 6.24. The van der Waals surface area contributed by atoms with Crippen LogP contribution in [0.3, 0.4) is 0 Å². The Morgan fingerprint density at radius 2 is 2.14 bits per heavy atom. The molecule has 3 rings (SSSR count). The van der Waals surface area contributed by atoms with Crippen molar-refractivity contribution in [1.82, 2.24) is 14.5 Å². The first kappa shape index (κ1) is 14.8. The van der Waals surface area contributed by atoms with Crippen LogP contribution in [0.2, 0.25) is 0 Å². The van der Waals surface area contributed by atoms with Gasteiger partial charge in [-0.05, 0) is 36.8 Å². The molecule has 1 amide bonds. The Balaban J connectivity index is 1.73. The summed E-state index contributed by atoms with van der Waals surface area (Å²) >= 11 is 0. The third-order valence-electron chi connectivity index (χ3n) is 4.36. The van der Waals surface area contributed by atoms with Crippen molar-refractivity contribution in [3.05, 3.63) is 53.6 Å². The van der Waals surface area contributed by atoms with Crippen LogP contribution < -0.4 is 0 Å². The van der Waals surface area contributed by atoms with E-state index in [0.29, 0.717) is 12.5 Å². The van der Waals surface area contributed by atoms with Crippen molar-refractivity contribution in [3.8, 4) is 0 Å². The zero-order valence-corrected chi connectivity index (χ0v) is 13.3. The number of carbonyl (C=O) groups excluding carboxylic acids is 1. The average Bonchev–Trinajstić information content (AvgIpc) is 3.20. The number of carbonyl (C=O) groups is 1. The normalized spacial score (nSPS) is 14.1. The quantitative estimate of drug-likeness (QED) is 0.822. The molecule has 2 aromatic rings. The Hall–Kier alpha value is -2.10. The molecule has 0 bridgehead atoms. The molecule has 4 nitrogen and oxygen atoms in total. The molecule has 0 aliphatic heterocycles. The molecule has 1 saturated carbocycles. The van der Waals surface area contributed by atoms with Crippen molar-refractivity contribution >= 4 is 5.91 Å². The Labute approximate surface area is 131 Å². The monoisotopic (exact) mass is 297 g/mol. The summed E-state index contributed by atoms with van der Waals surface area (Å²) in [5, 5.41) is 0. The molecule has 0 N–H and O–H groups in total. The lowest BCUT2D eigenvalue weighted by atomic mass is 10.1. The van der Waals surface area contributed by atoms with Crippen molar-refractivity contribution in [3.63, 3.8) is 0 Å². The Kier molecular flexibility index (Phi) is 4.27. The van der Waals surface area contributed by atoms with Crippen LogP contribution in [0.5, 0.6) is 0 Å². The first-order valence-corrected chi connectivity index (χ1v) is 7.93. The number of hydrogen-bond donors (Lipinski definition) is 0. The minimum atomic E-state index is 0.136. The van der Waals surface area contributed by atoms with Crippen LogP contribution in [0.15, 0.2) is 36.7 Å². The standard InChI is InChI=1S/C18H23N3O/c1-14-5-3-4-6-17(14)12-20-10-9-19-18(20)13-21(15(2)22)11-16-7-8-16/h3-6,9-10,16H,7-8,11-13H2,1-2H3. The zero-order valence-electron chi connectivity index (χ0n) is 13.3. The number of amides is 1. The largest absolute Gasteiger partial charge is 0.335 e. The SMILES string of the molecule is CC(=O)N(Cc1nccn1Cc1ccccc1C)CC1CC1. The van der Waals surface area contributed by atoms with Crippen molar-refractivity contribution in [2.45, 2.75) is 39.8 Å². The summed E-state index contributed by atoms with van der Waals surface area (Å²) < 4.78 is 2.14. The number of imidazole rings is 1. The van der Waals surface area contributed by atoms with Gasteiger partial charge in [0.2, 0.25) is 5.91 Å². The molecule has 1 heterocycles. The van der Waals surface area contributed by atoms with Gasteiger partial charge in [0.15, 0.2) is 0 Å². The maximum atomic E-state index is 11.8. The van der Waals surface area contributed by atoms with Gasteiger partial charge < -0.3 is 9.47 Å². The molecule has 116 valence electrons. The maximum absolute atomic E-state index is 11.8. The molecular weight excluding hydrogens is 274 g/mol. The number of aryl methyl sites for hydroxylation is 1. The van der Waals surface area contributed by atoms with E-state index in [1.807, 2.05) is 17.3 Å². The van der Waals surface area contributed by atoms with E-state index in [1.165, 1.54) is 24.0 Å². The van der Waals surface area contributed by atoms with Gasteiger partial charge in [0, 0.05) is 32.4 Å². The fourth-order valence-electron chi connectivity index (χ4n) is 2.69. The Morgan fingerprint density at radius 3 is 2.82 bits per heavy atom. The topological polar surface area (TPSA) is 38.1 Å². The van der Waals surface area contributed by atoms with Gasteiger partial charge in [-0.1, -0.05) is 24.3 Å². The van der Waals surface area contributed by atoms with E-state index in [9.17, 15) is 4.79 Å². The summed E-state index contributed by atoms with van der Waals surface area (Å²) in [5.74, 6) is 1.79. The van der Waals surface area contributed by atoms with Gasteiger partial charge >= 0.3 is 0 Å². The molecule has 0 saturated heterocycles. The number of benzene rings is 1. The molecule has 22 heavy (non-hydrogen) atoms. The third-order valence-corrected chi connectivity index (χ3v) is 4.36. The highest BCUT2D eigenvalue weighted by Crippen LogP contribution is 2.30. The van der Waals surface area contributed by atoms with E-state index in [4.69, 9.17) is 0 Å². The first-order chi connectivity index (χ1) is 10.6. The molecule has 1 aromatic carbocycles. The smallest absolute Gasteiger partial charge is 0.219 e. The third kappa shape index (κ3) is 3.56. The summed E-state index contributed by atoms with van der Waals surface area (Å²) in [4.78, 5) is 18.2. The Morgan fingerprint density at radius 1 is 1.36 bits per heavy atom. The minimum absolute atomic E-state index is 0.136. The van der Waals surface area contributed by atoms with Crippen molar-refractivity contribution in [1.29, 1.82) is 0 Å².